The van der Waals surface area contributed by atoms with Crippen molar-refractivity contribution in [1.29, 1.82) is 5.26 Å². The number of nitrogens with zero attached hydrogens (tertiary/aromatic N) is 3. The Balaban J connectivity index is 2.65. The maximum absolute atomic E-state index is 8.96. The molecule has 0 bridgehead atoms. The average molecular weight is 178 g/mol. The van der Waals surface area contributed by atoms with Gasteiger partial charge in [-0.05, 0) is 19.5 Å². The first-order valence-electron chi connectivity index (χ1n) is 4.34. The number of likely N-dealkylation sites (N-methyl/N-ethyl adjacent to an activating group) is 1. The van der Waals surface area contributed by atoms with E-state index < -0.39 is 5.54 Å². The third-order valence-electron chi connectivity index (χ3n) is 1.85. The summed E-state index contributed by atoms with van der Waals surface area (Å²) in [5, 5.41) is 16.1. The first-order valence-corrected chi connectivity index (χ1v) is 4.34. The molecule has 0 aliphatic rings. The van der Waals surface area contributed by atoms with Crippen LogP contribution in [-0.4, -0.2) is 21.9 Å². The normalized spacial score (nSPS) is 14.8. The van der Waals surface area contributed by atoms with E-state index in [1.54, 1.807) is 10.9 Å². The first kappa shape index (κ1) is 9.75. The molecule has 70 valence electrons. The predicted octanol–water partition coefficient (Wildman–Crippen LogP) is 0.775. The zero-order valence-electron chi connectivity index (χ0n) is 7.99. The molecule has 1 atom stereocenters. The van der Waals surface area contributed by atoms with E-state index >= 15 is 0 Å². The summed E-state index contributed by atoms with van der Waals surface area (Å²) in [6.45, 7) is 5.21. The summed E-state index contributed by atoms with van der Waals surface area (Å²) >= 11 is 0. The molecular formula is C9H14N4. The molecule has 1 heterocycles. The van der Waals surface area contributed by atoms with Crippen LogP contribution < -0.4 is 5.32 Å². The number of aromatic nitrogens is 2. The third-order valence-corrected chi connectivity index (χ3v) is 1.85. The lowest BCUT2D eigenvalue weighted by Gasteiger charge is -2.22. The largest absolute Gasteiger partial charge is 0.298 e. The van der Waals surface area contributed by atoms with Gasteiger partial charge in [0.05, 0.1) is 12.6 Å². The number of nitrogens with one attached hydrogen (secondary N) is 1. The molecule has 1 N–H and O–H groups in total. The van der Waals surface area contributed by atoms with Crippen molar-refractivity contribution < 1.29 is 0 Å². The smallest absolute Gasteiger partial charge is 0.123 e. The van der Waals surface area contributed by atoms with Crippen LogP contribution in [0.2, 0.25) is 0 Å². The molecule has 0 saturated carbocycles. The molecule has 0 aromatic carbocycles. The van der Waals surface area contributed by atoms with Crippen LogP contribution in [0.15, 0.2) is 18.5 Å². The quantitative estimate of drug-likeness (QED) is 0.741. The van der Waals surface area contributed by atoms with Crippen molar-refractivity contribution in [2.45, 2.75) is 25.9 Å². The van der Waals surface area contributed by atoms with E-state index in [1.807, 2.05) is 26.1 Å². The zero-order chi connectivity index (χ0) is 9.73. The van der Waals surface area contributed by atoms with Crippen molar-refractivity contribution in [3.63, 3.8) is 0 Å². The molecule has 1 unspecified atom stereocenters. The van der Waals surface area contributed by atoms with Gasteiger partial charge in [0.1, 0.15) is 5.54 Å². The summed E-state index contributed by atoms with van der Waals surface area (Å²) in [4.78, 5) is 0. The van der Waals surface area contributed by atoms with Gasteiger partial charge < -0.3 is 0 Å². The lowest BCUT2D eigenvalue weighted by atomic mass is 10.1. The molecule has 4 nitrogen and oxygen atoms in total. The van der Waals surface area contributed by atoms with Gasteiger partial charge in [-0.2, -0.15) is 10.4 Å². The van der Waals surface area contributed by atoms with Crippen LogP contribution in [0.1, 0.15) is 13.8 Å². The van der Waals surface area contributed by atoms with Crippen molar-refractivity contribution in [2.24, 2.45) is 0 Å². The van der Waals surface area contributed by atoms with Gasteiger partial charge in [-0.3, -0.25) is 10.00 Å². The van der Waals surface area contributed by atoms with Gasteiger partial charge in [0.15, 0.2) is 0 Å². The Morgan fingerprint density at radius 3 is 2.92 bits per heavy atom. The SMILES string of the molecule is CCNC(C)(C#N)Cn1cccn1. The number of nitriles is 1. The van der Waals surface area contributed by atoms with Crippen LogP contribution in [0, 0.1) is 11.3 Å². The fourth-order valence-electron chi connectivity index (χ4n) is 1.24. The van der Waals surface area contributed by atoms with Gasteiger partial charge in [-0.1, -0.05) is 6.92 Å². The molecule has 0 spiro atoms. The minimum atomic E-state index is -0.527. The van der Waals surface area contributed by atoms with Gasteiger partial charge in [0, 0.05) is 12.4 Å². The van der Waals surface area contributed by atoms with Crippen molar-refractivity contribution in [3.05, 3.63) is 18.5 Å². The molecule has 4 heteroatoms. The van der Waals surface area contributed by atoms with E-state index in [1.165, 1.54) is 0 Å². The maximum atomic E-state index is 8.96. The van der Waals surface area contributed by atoms with E-state index in [0.717, 1.165) is 6.54 Å². The molecule has 0 saturated heterocycles. The van der Waals surface area contributed by atoms with E-state index in [-0.39, 0.29) is 0 Å². The summed E-state index contributed by atoms with van der Waals surface area (Å²) in [5.74, 6) is 0. The second kappa shape index (κ2) is 4.06. The molecule has 0 amide bonds. The standard InChI is InChI=1S/C9H14N4/c1-3-11-9(2,7-10)8-13-6-4-5-12-13/h4-6,11H,3,8H2,1-2H3. The Kier molecular flexibility index (Phi) is 3.04. The Bertz CT molecular complexity index is 285. The zero-order valence-corrected chi connectivity index (χ0v) is 7.99. The van der Waals surface area contributed by atoms with Crippen LogP contribution in [0.3, 0.4) is 0 Å². The summed E-state index contributed by atoms with van der Waals surface area (Å²) in [6.07, 6.45) is 3.57. The van der Waals surface area contributed by atoms with Gasteiger partial charge in [0.2, 0.25) is 0 Å². The minimum Gasteiger partial charge on any atom is -0.298 e. The van der Waals surface area contributed by atoms with Gasteiger partial charge in [-0.15, -0.1) is 0 Å². The second-order valence-corrected chi connectivity index (χ2v) is 3.18. The van der Waals surface area contributed by atoms with Gasteiger partial charge in [-0.25, -0.2) is 0 Å². The summed E-state index contributed by atoms with van der Waals surface area (Å²) < 4.78 is 1.76. The number of hydrogen-bond donors (Lipinski definition) is 1. The third kappa shape index (κ3) is 2.56. The van der Waals surface area contributed by atoms with Crippen molar-refractivity contribution in [1.82, 2.24) is 15.1 Å². The monoisotopic (exact) mass is 178 g/mol. The summed E-state index contributed by atoms with van der Waals surface area (Å²) in [5.41, 5.74) is -0.527. The van der Waals surface area contributed by atoms with Gasteiger partial charge >= 0.3 is 0 Å². The highest BCUT2D eigenvalue weighted by atomic mass is 15.3. The second-order valence-electron chi connectivity index (χ2n) is 3.18. The fourth-order valence-corrected chi connectivity index (χ4v) is 1.24. The van der Waals surface area contributed by atoms with Crippen molar-refractivity contribution in [3.8, 4) is 6.07 Å². The average Bonchev–Trinajstić information content (AvgIpc) is 2.57. The Labute approximate surface area is 78.2 Å². The first-order chi connectivity index (χ1) is 6.20. The Morgan fingerprint density at radius 1 is 1.69 bits per heavy atom. The number of hydrogen-bond acceptors (Lipinski definition) is 3. The molecule has 1 aromatic heterocycles. The molecule has 1 rings (SSSR count). The minimum absolute atomic E-state index is 0.527. The van der Waals surface area contributed by atoms with Crippen molar-refractivity contribution in [2.75, 3.05) is 6.54 Å². The van der Waals surface area contributed by atoms with Crippen LogP contribution in [0.25, 0.3) is 0 Å². The van der Waals surface area contributed by atoms with Crippen LogP contribution >= 0.6 is 0 Å². The molecular weight excluding hydrogens is 164 g/mol. The van der Waals surface area contributed by atoms with E-state index in [0.29, 0.717) is 6.54 Å². The van der Waals surface area contributed by atoms with Gasteiger partial charge in [0.25, 0.3) is 0 Å². The topological polar surface area (TPSA) is 53.6 Å². The van der Waals surface area contributed by atoms with Crippen molar-refractivity contribution >= 4 is 0 Å². The highest BCUT2D eigenvalue weighted by Gasteiger charge is 2.22. The molecule has 13 heavy (non-hydrogen) atoms. The van der Waals surface area contributed by atoms with E-state index in [2.05, 4.69) is 16.5 Å². The predicted molar refractivity (Wildman–Crippen MR) is 49.9 cm³/mol. The van der Waals surface area contributed by atoms with E-state index in [4.69, 9.17) is 5.26 Å². The van der Waals surface area contributed by atoms with Crippen LogP contribution in [-0.2, 0) is 6.54 Å². The summed E-state index contributed by atoms with van der Waals surface area (Å²) in [7, 11) is 0. The molecule has 1 aromatic rings. The lowest BCUT2D eigenvalue weighted by Crippen LogP contribution is -2.44. The highest BCUT2D eigenvalue weighted by molar-refractivity contribution is 5.03. The molecule has 0 aliphatic heterocycles. The lowest BCUT2D eigenvalue weighted by molar-refractivity contribution is 0.378. The molecule has 0 fully saturated rings. The van der Waals surface area contributed by atoms with Crippen LogP contribution in [0.4, 0.5) is 0 Å². The fraction of sp³-hybridized carbons (Fsp3) is 0.556. The molecule has 0 aliphatic carbocycles. The Morgan fingerprint density at radius 2 is 2.46 bits per heavy atom. The highest BCUT2D eigenvalue weighted by Crippen LogP contribution is 2.04. The summed E-state index contributed by atoms with van der Waals surface area (Å²) in [6, 6.07) is 4.10. The Hall–Kier alpha value is -1.34. The molecule has 0 radical (unpaired) electrons. The number of rotatable bonds is 4. The van der Waals surface area contributed by atoms with E-state index in [9.17, 15) is 0 Å². The van der Waals surface area contributed by atoms with Crippen LogP contribution in [0.5, 0.6) is 0 Å². The maximum Gasteiger partial charge on any atom is 0.123 e.